The molecule has 0 bridgehead atoms. The molecule has 3 heterocycles. The van der Waals surface area contributed by atoms with Crippen LogP contribution in [0.15, 0.2) is 28.8 Å². The van der Waals surface area contributed by atoms with Crippen LogP contribution in [0.1, 0.15) is 17.5 Å². The molecule has 0 saturated carbocycles. The van der Waals surface area contributed by atoms with Crippen molar-refractivity contribution in [3.05, 3.63) is 35.0 Å². The van der Waals surface area contributed by atoms with E-state index < -0.39 is 0 Å². The molecule has 0 atom stereocenters. The highest BCUT2D eigenvalue weighted by atomic mass is 32.1. The number of nitrogens with zero attached hydrogens (tertiary/aromatic N) is 4. The number of hydrogen-bond donors (Lipinski definition) is 0. The first kappa shape index (κ1) is 11.6. The Morgan fingerprint density at radius 3 is 2.95 bits per heavy atom. The zero-order chi connectivity index (χ0) is 13.7. The molecule has 100 valence electrons. The van der Waals surface area contributed by atoms with Crippen LogP contribution in [0.5, 0.6) is 0 Å². The standard InChI is InChI=1S/C14H12N4OS/c1-3-11-17-18-7-10(16-14(18)20-11)13-15-9-6-4-5-8(2)12(9)19-13/h4-7H,3H2,1-2H3. The maximum Gasteiger partial charge on any atom is 0.247 e. The summed E-state index contributed by atoms with van der Waals surface area (Å²) in [6, 6.07) is 5.93. The number of aromatic nitrogens is 4. The smallest absolute Gasteiger partial charge is 0.247 e. The number of imidazole rings is 1. The monoisotopic (exact) mass is 284 g/mol. The van der Waals surface area contributed by atoms with Crippen LogP contribution in [0.2, 0.25) is 0 Å². The van der Waals surface area contributed by atoms with E-state index >= 15 is 0 Å². The number of fused-ring (bicyclic) bond motifs is 2. The largest absolute Gasteiger partial charge is 0.434 e. The molecule has 1 aromatic carbocycles. The molecule has 4 aromatic rings. The van der Waals surface area contributed by atoms with Crippen molar-refractivity contribution in [1.29, 1.82) is 0 Å². The summed E-state index contributed by atoms with van der Waals surface area (Å²) >= 11 is 1.59. The van der Waals surface area contributed by atoms with Gasteiger partial charge in [-0.05, 0) is 25.0 Å². The Morgan fingerprint density at radius 2 is 2.20 bits per heavy atom. The van der Waals surface area contributed by atoms with Crippen LogP contribution >= 0.6 is 11.3 Å². The van der Waals surface area contributed by atoms with Gasteiger partial charge in [0.2, 0.25) is 10.9 Å². The molecule has 0 saturated heterocycles. The Labute approximate surface area is 118 Å². The molecule has 5 nitrogen and oxygen atoms in total. The predicted molar refractivity (Wildman–Crippen MR) is 78.0 cm³/mol. The van der Waals surface area contributed by atoms with Crippen LogP contribution in [0.25, 0.3) is 27.6 Å². The summed E-state index contributed by atoms with van der Waals surface area (Å²) in [6.07, 6.45) is 2.79. The molecule has 0 N–H and O–H groups in total. The van der Waals surface area contributed by atoms with Crippen LogP contribution in [-0.4, -0.2) is 19.6 Å². The number of aryl methyl sites for hydroxylation is 2. The first-order chi connectivity index (χ1) is 9.74. The summed E-state index contributed by atoms with van der Waals surface area (Å²) in [4.78, 5) is 9.91. The van der Waals surface area contributed by atoms with Crippen LogP contribution < -0.4 is 0 Å². The van der Waals surface area contributed by atoms with Gasteiger partial charge in [0, 0.05) is 0 Å². The van der Waals surface area contributed by atoms with Crippen molar-refractivity contribution >= 4 is 27.4 Å². The predicted octanol–water partition coefficient (Wildman–Crippen LogP) is 3.47. The summed E-state index contributed by atoms with van der Waals surface area (Å²) in [5.41, 5.74) is 3.48. The van der Waals surface area contributed by atoms with Gasteiger partial charge in [0.25, 0.3) is 0 Å². The van der Waals surface area contributed by atoms with Crippen LogP contribution in [0.3, 0.4) is 0 Å². The van der Waals surface area contributed by atoms with E-state index in [1.807, 2.05) is 31.3 Å². The van der Waals surface area contributed by atoms with Gasteiger partial charge in [0.05, 0.1) is 6.20 Å². The van der Waals surface area contributed by atoms with Crippen molar-refractivity contribution in [2.75, 3.05) is 0 Å². The molecule has 0 fully saturated rings. The van der Waals surface area contributed by atoms with Crippen molar-refractivity contribution in [3.63, 3.8) is 0 Å². The Balaban J connectivity index is 1.87. The Kier molecular flexibility index (Phi) is 2.40. The van der Waals surface area contributed by atoms with E-state index in [-0.39, 0.29) is 0 Å². The molecule has 0 aliphatic carbocycles. The molecule has 0 aliphatic rings. The lowest BCUT2D eigenvalue weighted by atomic mass is 10.2. The molecule has 0 spiro atoms. The quantitative estimate of drug-likeness (QED) is 0.565. The number of para-hydroxylation sites is 1. The Hall–Kier alpha value is -2.21. The minimum absolute atomic E-state index is 0.546. The second-order valence-corrected chi connectivity index (χ2v) is 5.69. The number of hydrogen-bond acceptors (Lipinski definition) is 5. The molecule has 6 heteroatoms. The minimum atomic E-state index is 0.546. The van der Waals surface area contributed by atoms with Gasteiger partial charge < -0.3 is 4.42 Å². The Bertz CT molecular complexity index is 886. The first-order valence-electron chi connectivity index (χ1n) is 6.46. The average molecular weight is 284 g/mol. The van der Waals surface area contributed by atoms with Crippen molar-refractivity contribution in [1.82, 2.24) is 19.6 Å². The lowest BCUT2D eigenvalue weighted by molar-refractivity contribution is 0.615. The zero-order valence-electron chi connectivity index (χ0n) is 11.1. The molecule has 0 unspecified atom stereocenters. The molecule has 0 radical (unpaired) electrons. The Morgan fingerprint density at radius 1 is 1.30 bits per heavy atom. The molecular weight excluding hydrogens is 272 g/mol. The van der Waals surface area contributed by atoms with Crippen LogP contribution in [0.4, 0.5) is 0 Å². The number of rotatable bonds is 2. The fourth-order valence-electron chi connectivity index (χ4n) is 2.18. The molecule has 20 heavy (non-hydrogen) atoms. The van der Waals surface area contributed by atoms with Crippen molar-refractivity contribution in [3.8, 4) is 11.6 Å². The zero-order valence-corrected chi connectivity index (χ0v) is 11.9. The summed E-state index contributed by atoms with van der Waals surface area (Å²) in [7, 11) is 0. The van der Waals surface area contributed by atoms with Crippen LogP contribution in [0, 0.1) is 6.92 Å². The lowest BCUT2D eigenvalue weighted by Crippen LogP contribution is -1.83. The summed E-state index contributed by atoms with van der Waals surface area (Å²) in [6.45, 7) is 4.10. The lowest BCUT2D eigenvalue weighted by Gasteiger charge is -1.89. The van der Waals surface area contributed by atoms with Crippen LogP contribution in [-0.2, 0) is 6.42 Å². The number of oxazole rings is 1. The number of benzene rings is 1. The van der Waals surface area contributed by atoms with Gasteiger partial charge in [0.15, 0.2) is 5.58 Å². The molecule has 0 amide bonds. The highest BCUT2D eigenvalue weighted by molar-refractivity contribution is 7.16. The maximum atomic E-state index is 5.83. The second-order valence-electron chi connectivity index (χ2n) is 4.64. The van der Waals surface area contributed by atoms with Crippen molar-refractivity contribution in [2.24, 2.45) is 0 Å². The minimum Gasteiger partial charge on any atom is -0.434 e. The van der Waals surface area contributed by atoms with Gasteiger partial charge in [-0.2, -0.15) is 5.10 Å². The SMILES string of the molecule is CCc1nn2cc(-c3nc4cccc(C)c4o3)nc2s1. The van der Waals surface area contributed by atoms with Gasteiger partial charge in [0.1, 0.15) is 16.2 Å². The fourth-order valence-corrected chi connectivity index (χ4v) is 3.00. The van der Waals surface area contributed by atoms with E-state index in [0.29, 0.717) is 5.89 Å². The van der Waals surface area contributed by atoms with Gasteiger partial charge in [-0.3, -0.25) is 0 Å². The van der Waals surface area contributed by atoms with E-state index in [1.54, 1.807) is 15.9 Å². The highest BCUT2D eigenvalue weighted by Gasteiger charge is 2.15. The molecule has 3 aromatic heterocycles. The van der Waals surface area contributed by atoms with E-state index in [9.17, 15) is 0 Å². The van der Waals surface area contributed by atoms with Gasteiger partial charge >= 0.3 is 0 Å². The average Bonchev–Trinajstić information content (AvgIpc) is 3.09. The third-order valence-electron chi connectivity index (χ3n) is 3.22. The first-order valence-corrected chi connectivity index (χ1v) is 7.28. The third-order valence-corrected chi connectivity index (χ3v) is 4.29. The molecule has 4 rings (SSSR count). The van der Waals surface area contributed by atoms with Crippen molar-refractivity contribution in [2.45, 2.75) is 20.3 Å². The summed E-state index contributed by atoms with van der Waals surface area (Å²) in [5, 5.41) is 5.53. The summed E-state index contributed by atoms with van der Waals surface area (Å²) in [5.74, 6) is 0.546. The molecular formula is C14H12N4OS. The van der Waals surface area contributed by atoms with Crippen molar-refractivity contribution < 1.29 is 4.42 Å². The van der Waals surface area contributed by atoms with E-state index in [2.05, 4.69) is 22.0 Å². The van der Waals surface area contributed by atoms with Gasteiger partial charge in [-0.15, -0.1) is 0 Å². The fraction of sp³-hybridized carbons (Fsp3) is 0.214. The normalized spacial score (nSPS) is 11.7. The third kappa shape index (κ3) is 1.65. The molecule has 0 aliphatic heterocycles. The van der Waals surface area contributed by atoms with E-state index in [4.69, 9.17) is 4.42 Å². The van der Waals surface area contributed by atoms with Gasteiger partial charge in [-0.25, -0.2) is 14.5 Å². The van der Waals surface area contributed by atoms with Gasteiger partial charge in [-0.1, -0.05) is 30.4 Å². The second kappa shape index (κ2) is 4.14. The van der Waals surface area contributed by atoms with E-state index in [1.165, 1.54) is 0 Å². The van der Waals surface area contributed by atoms with E-state index in [0.717, 1.165) is 38.7 Å². The topological polar surface area (TPSA) is 56.2 Å². The maximum absolute atomic E-state index is 5.83. The summed E-state index contributed by atoms with van der Waals surface area (Å²) < 4.78 is 7.62. The highest BCUT2D eigenvalue weighted by Crippen LogP contribution is 2.27.